The highest BCUT2D eigenvalue weighted by molar-refractivity contribution is 5.58. The lowest BCUT2D eigenvalue weighted by Gasteiger charge is -2.23. The zero-order valence-electron chi connectivity index (χ0n) is 13.1. The number of nitrogens with one attached hydrogen (secondary N) is 1. The molecule has 1 saturated carbocycles. The van der Waals surface area contributed by atoms with E-state index in [9.17, 15) is 0 Å². The molecular formula is C17H28N2O. The Balaban J connectivity index is 1.99. The second kappa shape index (κ2) is 7.53. The fourth-order valence-electron chi connectivity index (χ4n) is 3.00. The molecule has 0 aliphatic heterocycles. The Hall–Kier alpha value is -1.22. The summed E-state index contributed by atoms with van der Waals surface area (Å²) in [6, 6.07) is 6.44. The largest absolute Gasteiger partial charge is 0.495 e. The van der Waals surface area contributed by atoms with Crippen LogP contribution in [0.1, 0.15) is 37.7 Å². The van der Waals surface area contributed by atoms with Crippen LogP contribution in [0.4, 0.5) is 5.69 Å². The monoisotopic (exact) mass is 276 g/mol. The van der Waals surface area contributed by atoms with Crippen LogP contribution in [0.25, 0.3) is 0 Å². The number of rotatable bonds is 6. The van der Waals surface area contributed by atoms with Gasteiger partial charge in [0, 0.05) is 13.1 Å². The fourth-order valence-corrected chi connectivity index (χ4v) is 3.00. The lowest BCUT2D eigenvalue weighted by atomic mass is 9.89. The highest BCUT2D eigenvalue weighted by Crippen LogP contribution is 2.28. The zero-order valence-corrected chi connectivity index (χ0v) is 13.1. The fraction of sp³-hybridized carbons (Fsp3) is 0.647. The number of hydrogen-bond donors (Lipinski definition) is 1. The van der Waals surface area contributed by atoms with Gasteiger partial charge in [0.05, 0.1) is 12.8 Å². The van der Waals surface area contributed by atoms with E-state index in [0.717, 1.165) is 30.4 Å². The first-order valence-corrected chi connectivity index (χ1v) is 7.74. The number of ether oxygens (including phenoxy) is 1. The summed E-state index contributed by atoms with van der Waals surface area (Å²) in [4.78, 5) is 2.19. The highest BCUT2D eigenvalue weighted by atomic mass is 16.5. The van der Waals surface area contributed by atoms with Gasteiger partial charge in [-0.1, -0.05) is 25.3 Å². The van der Waals surface area contributed by atoms with Crippen molar-refractivity contribution in [3.63, 3.8) is 0 Å². The van der Waals surface area contributed by atoms with E-state index in [1.165, 1.54) is 37.7 Å². The van der Waals surface area contributed by atoms with Gasteiger partial charge in [0.15, 0.2) is 0 Å². The maximum Gasteiger partial charge on any atom is 0.141 e. The van der Waals surface area contributed by atoms with Crippen LogP contribution >= 0.6 is 0 Å². The van der Waals surface area contributed by atoms with Crippen LogP contribution in [0.15, 0.2) is 18.2 Å². The minimum absolute atomic E-state index is 0.825. The summed E-state index contributed by atoms with van der Waals surface area (Å²) in [7, 11) is 5.94. The standard InChI is InChI=1S/C17H28N2O/c1-19(2)13-15-9-10-17(20-3)16(11-15)18-12-14-7-5-4-6-8-14/h9-11,14,18H,4-8,12-13H2,1-3H3. The molecular weight excluding hydrogens is 248 g/mol. The van der Waals surface area contributed by atoms with Crippen LogP contribution in [0.5, 0.6) is 5.75 Å². The second-order valence-electron chi connectivity index (χ2n) is 6.16. The van der Waals surface area contributed by atoms with E-state index >= 15 is 0 Å². The minimum atomic E-state index is 0.825. The smallest absolute Gasteiger partial charge is 0.141 e. The summed E-state index contributed by atoms with van der Waals surface area (Å²) in [5.74, 6) is 1.77. The molecule has 1 fully saturated rings. The quantitative estimate of drug-likeness (QED) is 0.856. The van der Waals surface area contributed by atoms with Gasteiger partial charge in [-0.15, -0.1) is 0 Å². The van der Waals surface area contributed by atoms with Gasteiger partial charge in [0.25, 0.3) is 0 Å². The van der Waals surface area contributed by atoms with Crippen LogP contribution in [-0.2, 0) is 6.54 Å². The van der Waals surface area contributed by atoms with Gasteiger partial charge in [0.2, 0.25) is 0 Å². The normalized spacial score (nSPS) is 16.4. The Morgan fingerprint density at radius 1 is 1.20 bits per heavy atom. The molecule has 0 amide bonds. The molecule has 1 N–H and O–H groups in total. The van der Waals surface area contributed by atoms with Crippen molar-refractivity contribution in [1.29, 1.82) is 0 Å². The summed E-state index contributed by atoms with van der Waals surface area (Å²) >= 11 is 0. The van der Waals surface area contributed by atoms with Crippen LogP contribution in [0, 0.1) is 5.92 Å². The molecule has 0 unspecified atom stereocenters. The molecule has 0 heterocycles. The van der Waals surface area contributed by atoms with Crippen molar-refractivity contribution >= 4 is 5.69 Å². The van der Waals surface area contributed by atoms with Crippen molar-refractivity contribution in [1.82, 2.24) is 4.90 Å². The Labute approximate surface area is 123 Å². The number of methoxy groups -OCH3 is 1. The van der Waals surface area contributed by atoms with Crippen LogP contribution in [-0.4, -0.2) is 32.6 Å². The van der Waals surface area contributed by atoms with Crippen molar-refractivity contribution in [2.45, 2.75) is 38.6 Å². The first-order valence-electron chi connectivity index (χ1n) is 7.74. The van der Waals surface area contributed by atoms with E-state index in [1.54, 1.807) is 7.11 Å². The number of hydrogen-bond acceptors (Lipinski definition) is 3. The molecule has 0 aromatic heterocycles. The van der Waals surface area contributed by atoms with Gasteiger partial charge in [-0.3, -0.25) is 0 Å². The summed E-state index contributed by atoms with van der Waals surface area (Å²) in [5, 5.41) is 3.60. The summed E-state index contributed by atoms with van der Waals surface area (Å²) in [6.45, 7) is 2.03. The maximum absolute atomic E-state index is 5.47. The van der Waals surface area contributed by atoms with Gasteiger partial charge in [-0.2, -0.15) is 0 Å². The molecule has 0 atom stereocenters. The molecule has 0 spiro atoms. The second-order valence-corrected chi connectivity index (χ2v) is 6.16. The van der Waals surface area contributed by atoms with E-state index in [2.05, 4.69) is 42.5 Å². The van der Waals surface area contributed by atoms with Crippen molar-refractivity contribution in [3.8, 4) is 5.75 Å². The molecule has 0 saturated heterocycles. The molecule has 1 aromatic rings. The Kier molecular flexibility index (Phi) is 5.72. The minimum Gasteiger partial charge on any atom is -0.495 e. The molecule has 0 radical (unpaired) electrons. The molecule has 20 heavy (non-hydrogen) atoms. The van der Waals surface area contributed by atoms with E-state index in [4.69, 9.17) is 4.74 Å². The topological polar surface area (TPSA) is 24.5 Å². The lowest BCUT2D eigenvalue weighted by molar-refractivity contribution is 0.372. The maximum atomic E-state index is 5.47. The molecule has 0 bridgehead atoms. The van der Waals surface area contributed by atoms with Gasteiger partial charge >= 0.3 is 0 Å². The molecule has 3 nitrogen and oxygen atoms in total. The molecule has 1 aromatic carbocycles. The number of anilines is 1. The molecule has 2 rings (SSSR count). The van der Waals surface area contributed by atoms with E-state index in [1.807, 2.05) is 0 Å². The van der Waals surface area contributed by atoms with Crippen molar-refractivity contribution in [2.24, 2.45) is 5.92 Å². The summed E-state index contributed by atoms with van der Waals surface area (Å²) < 4.78 is 5.47. The molecule has 1 aliphatic rings. The molecule has 1 aliphatic carbocycles. The first-order chi connectivity index (χ1) is 9.69. The molecule has 3 heteroatoms. The van der Waals surface area contributed by atoms with Crippen LogP contribution < -0.4 is 10.1 Å². The Morgan fingerprint density at radius 2 is 1.95 bits per heavy atom. The van der Waals surface area contributed by atoms with Gasteiger partial charge in [0.1, 0.15) is 5.75 Å². The van der Waals surface area contributed by atoms with Crippen molar-refractivity contribution < 1.29 is 4.74 Å². The third-order valence-electron chi connectivity index (χ3n) is 4.07. The zero-order chi connectivity index (χ0) is 14.4. The SMILES string of the molecule is COc1ccc(CN(C)C)cc1NCC1CCCCC1. The number of nitrogens with zero attached hydrogens (tertiary/aromatic N) is 1. The van der Waals surface area contributed by atoms with Gasteiger partial charge in [-0.25, -0.2) is 0 Å². The Bertz CT molecular complexity index is 411. The third-order valence-corrected chi connectivity index (χ3v) is 4.07. The van der Waals surface area contributed by atoms with E-state index in [0.29, 0.717) is 0 Å². The highest BCUT2D eigenvalue weighted by Gasteiger charge is 2.14. The van der Waals surface area contributed by atoms with Crippen molar-refractivity contribution in [3.05, 3.63) is 23.8 Å². The van der Waals surface area contributed by atoms with E-state index in [-0.39, 0.29) is 0 Å². The molecule has 112 valence electrons. The predicted octanol–water partition coefficient (Wildman–Crippen LogP) is 3.75. The lowest BCUT2D eigenvalue weighted by Crippen LogP contribution is -2.17. The van der Waals surface area contributed by atoms with Gasteiger partial charge in [-0.05, 0) is 50.6 Å². The summed E-state index contributed by atoms with van der Waals surface area (Å²) in [5.41, 5.74) is 2.46. The average molecular weight is 276 g/mol. The Morgan fingerprint density at radius 3 is 2.60 bits per heavy atom. The first kappa shape index (κ1) is 15.2. The van der Waals surface area contributed by atoms with Crippen molar-refractivity contribution in [2.75, 3.05) is 33.1 Å². The third kappa shape index (κ3) is 4.41. The number of benzene rings is 1. The van der Waals surface area contributed by atoms with Crippen LogP contribution in [0.2, 0.25) is 0 Å². The average Bonchev–Trinajstić information content (AvgIpc) is 2.46. The van der Waals surface area contributed by atoms with E-state index < -0.39 is 0 Å². The predicted molar refractivity (Wildman–Crippen MR) is 85.4 cm³/mol. The van der Waals surface area contributed by atoms with Crippen LogP contribution in [0.3, 0.4) is 0 Å². The van der Waals surface area contributed by atoms with Gasteiger partial charge < -0.3 is 15.0 Å². The summed E-state index contributed by atoms with van der Waals surface area (Å²) in [6.07, 6.45) is 6.94.